The Hall–Kier alpha value is -2.03. The fraction of sp³-hybridized carbons (Fsp3) is 0.0833. The van der Waals surface area contributed by atoms with Gasteiger partial charge in [0.15, 0.2) is 0 Å². The van der Waals surface area contributed by atoms with E-state index in [2.05, 4.69) is 4.74 Å². The largest absolute Gasteiger partial charge is 0.465 e. The number of anilines is 1. The molecule has 0 fully saturated rings. The van der Waals surface area contributed by atoms with Gasteiger partial charge in [0.05, 0.1) is 18.4 Å². The van der Waals surface area contributed by atoms with E-state index in [1.54, 1.807) is 6.07 Å². The molecule has 0 heterocycles. The molecular formula is C12H11NO2. The summed E-state index contributed by atoms with van der Waals surface area (Å²) in [6.07, 6.45) is 0. The van der Waals surface area contributed by atoms with Crippen molar-refractivity contribution in [2.45, 2.75) is 0 Å². The molecule has 0 aliphatic heterocycles. The van der Waals surface area contributed by atoms with Crippen molar-refractivity contribution in [1.29, 1.82) is 0 Å². The summed E-state index contributed by atoms with van der Waals surface area (Å²) in [5, 5.41) is 1.89. The summed E-state index contributed by atoms with van der Waals surface area (Å²) in [7, 11) is 1.34. The normalized spacial score (nSPS) is 10.2. The van der Waals surface area contributed by atoms with Crippen LogP contribution in [0.4, 0.5) is 5.69 Å². The van der Waals surface area contributed by atoms with Gasteiger partial charge in [0.1, 0.15) is 0 Å². The highest BCUT2D eigenvalue weighted by Crippen LogP contribution is 2.24. The number of fused-ring (bicyclic) bond motifs is 1. The average Bonchev–Trinajstić information content (AvgIpc) is 2.29. The minimum atomic E-state index is -0.404. The van der Waals surface area contributed by atoms with E-state index in [4.69, 9.17) is 5.73 Å². The van der Waals surface area contributed by atoms with E-state index in [1.165, 1.54) is 7.11 Å². The van der Waals surface area contributed by atoms with Crippen LogP contribution >= 0.6 is 0 Å². The number of esters is 1. The van der Waals surface area contributed by atoms with Crippen LogP contribution in [0.2, 0.25) is 0 Å². The molecule has 0 spiro atoms. The van der Waals surface area contributed by atoms with Crippen LogP contribution in [-0.4, -0.2) is 13.1 Å². The first-order chi connectivity index (χ1) is 7.24. The second-order valence-electron chi connectivity index (χ2n) is 3.24. The quantitative estimate of drug-likeness (QED) is 0.568. The number of benzene rings is 2. The van der Waals surface area contributed by atoms with Gasteiger partial charge < -0.3 is 10.5 Å². The van der Waals surface area contributed by atoms with Gasteiger partial charge in [-0.15, -0.1) is 0 Å². The van der Waals surface area contributed by atoms with Crippen LogP contribution in [0.25, 0.3) is 10.8 Å². The Morgan fingerprint density at radius 2 is 1.93 bits per heavy atom. The van der Waals surface area contributed by atoms with Crippen molar-refractivity contribution < 1.29 is 9.53 Å². The van der Waals surface area contributed by atoms with Crippen LogP contribution < -0.4 is 5.73 Å². The maximum atomic E-state index is 11.4. The number of hydrogen-bond donors (Lipinski definition) is 1. The highest BCUT2D eigenvalue weighted by atomic mass is 16.5. The Morgan fingerprint density at radius 3 is 2.67 bits per heavy atom. The first kappa shape index (κ1) is 9.52. The summed E-state index contributed by atoms with van der Waals surface area (Å²) in [5.74, 6) is -0.404. The predicted molar refractivity (Wildman–Crippen MR) is 59.7 cm³/mol. The fourth-order valence-electron chi connectivity index (χ4n) is 1.58. The lowest BCUT2D eigenvalue weighted by Crippen LogP contribution is -2.05. The van der Waals surface area contributed by atoms with E-state index >= 15 is 0 Å². The minimum Gasteiger partial charge on any atom is -0.465 e. The molecule has 0 atom stereocenters. The van der Waals surface area contributed by atoms with E-state index in [0.29, 0.717) is 11.3 Å². The Labute approximate surface area is 87.5 Å². The van der Waals surface area contributed by atoms with E-state index < -0.39 is 5.97 Å². The van der Waals surface area contributed by atoms with Crippen molar-refractivity contribution in [3.63, 3.8) is 0 Å². The van der Waals surface area contributed by atoms with E-state index in [1.807, 2.05) is 30.3 Å². The maximum absolute atomic E-state index is 11.4. The molecule has 0 aromatic heterocycles. The number of nitrogen functional groups attached to an aromatic ring is 1. The number of rotatable bonds is 1. The van der Waals surface area contributed by atoms with Crippen molar-refractivity contribution in [2.24, 2.45) is 0 Å². The van der Waals surface area contributed by atoms with E-state index in [9.17, 15) is 4.79 Å². The molecule has 2 aromatic rings. The standard InChI is InChI=1S/C12H11NO2/c1-15-12(14)10-7-6-8-4-2-3-5-9(8)11(10)13/h2-7H,13H2,1H3. The molecule has 0 unspecified atom stereocenters. The second kappa shape index (κ2) is 3.61. The third kappa shape index (κ3) is 1.52. The van der Waals surface area contributed by atoms with E-state index in [-0.39, 0.29) is 0 Å². The molecule has 0 aliphatic rings. The summed E-state index contributed by atoms with van der Waals surface area (Å²) in [5.41, 5.74) is 6.78. The monoisotopic (exact) mass is 201 g/mol. The molecular weight excluding hydrogens is 190 g/mol. The molecule has 0 radical (unpaired) electrons. The van der Waals surface area contributed by atoms with Crippen LogP contribution in [0.3, 0.4) is 0 Å². The fourth-order valence-corrected chi connectivity index (χ4v) is 1.58. The molecule has 2 rings (SSSR count). The number of methoxy groups -OCH3 is 1. The van der Waals surface area contributed by atoms with E-state index in [0.717, 1.165) is 10.8 Å². The van der Waals surface area contributed by atoms with Crippen LogP contribution in [-0.2, 0) is 4.74 Å². The summed E-state index contributed by atoms with van der Waals surface area (Å²) in [4.78, 5) is 11.4. The number of carbonyl (C=O) groups is 1. The van der Waals surface area contributed by atoms with Crippen molar-refractivity contribution in [3.8, 4) is 0 Å². The Bertz CT molecular complexity index is 520. The van der Waals surface area contributed by atoms with Crippen LogP contribution in [0.5, 0.6) is 0 Å². The first-order valence-electron chi connectivity index (χ1n) is 4.59. The molecule has 76 valence electrons. The van der Waals surface area contributed by atoms with Crippen LogP contribution in [0.15, 0.2) is 36.4 Å². The summed E-state index contributed by atoms with van der Waals surface area (Å²) >= 11 is 0. The lowest BCUT2D eigenvalue weighted by Gasteiger charge is -2.06. The predicted octanol–water partition coefficient (Wildman–Crippen LogP) is 2.21. The molecule has 2 N–H and O–H groups in total. The molecule has 0 bridgehead atoms. The van der Waals surface area contributed by atoms with Gasteiger partial charge in [-0.05, 0) is 11.5 Å². The molecule has 0 aliphatic carbocycles. The summed E-state index contributed by atoms with van der Waals surface area (Å²) < 4.78 is 4.65. The van der Waals surface area contributed by atoms with Gasteiger partial charge in [-0.1, -0.05) is 30.3 Å². The van der Waals surface area contributed by atoms with Gasteiger partial charge in [0, 0.05) is 5.39 Å². The third-order valence-corrected chi connectivity index (χ3v) is 2.38. The van der Waals surface area contributed by atoms with Crippen molar-refractivity contribution in [2.75, 3.05) is 12.8 Å². The number of ether oxygens (including phenoxy) is 1. The molecule has 15 heavy (non-hydrogen) atoms. The van der Waals surface area contributed by atoms with Gasteiger partial charge in [0.25, 0.3) is 0 Å². The molecule has 0 saturated carbocycles. The Kier molecular flexibility index (Phi) is 2.29. The number of hydrogen-bond acceptors (Lipinski definition) is 3. The summed E-state index contributed by atoms with van der Waals surface area (Å²) in [6, 6.07) is 11.2. The van der Waals surface area contributed by atoms with Gasteiger partial charge in [0.2, 0.25) is 0 Å². The zero-order valence-corrected chi connectivity index (χ0v) is 8.36. The zero-order chi connectivity index (χ0) is 10.8. The molecule has 3 heteroatoms. The topological polar surface area (TPSA) is 52.3 Å². The Balaban J connectivity index is 2.70. The number of nitrogens with two attached hydrogens (primary N) is 1. The van der Waals surface area contributed by atoms with Gasteiger partial charge in [-0.3, -0.25) is 0 Å². The average molecular weight is 201 g/mol. The maximum Gasteiger partial charge on any atom is 0.339 e. The third-order valence-electron chi connectivity index (χ3n) is 2.38. The molecule has 0 amide bonds. The highest BCUT2D eigenvalue weighted by molar-refractivity contribution is 6.05. The number of carbonyl (C=O) groups excluding carboxylic acids is 1. The van der Waals surface area contributed by atoms with Gasteiger partial charge in [-0.25, -0.2) is 4.79 Å². The molecule has 0 saturated heterocycles. The zero-order valence-electron chi connectivity index (χ0n) is 8.36. The van der Waals surface area contributed by atoms with Crippen molar-refractivity contribution >= 4 is 22.4 Å². The summed E-state index contributed by atoms with van der Waals surface area (Å²) in [6.45, 7) is 0. The smallest absolute Gasteiger partial charge is 0.339 e. The first-order valence-corrected chi connectivity index (χ1v) is 4.59. The van der Waals surface area contributed by atoms with Crippen molar-refractivity contribution in [3.05, 3.63) is 42.0 Å². The SMILES string of the molecule is COC(=O)c1ccc2ccccc2c1N. The Morgan fingerprint density at radius 1 is 1.20 bits per heavy atom. The molecule has 3 nitrogen and oxygen atoms in total. The van der Waals surface area contributed by atoms with Gasteiger partial charge >= 0.3 is 5.97 Å². The molecule has 2 aromatic carbocycles. The van der Waals surface area contributed by atoms with Crippen LogP contribution in [0.1, 0.15) is 10.4 Å². The van der Waals surface area contributed by atoms with Crippen LogP contribution in [0, 0.1) is 0 Å². The minimum absolute atomic E-state index is 0.404. The second-order valence-corrected chi connectivity index (χ2v) is 3.24. The lowest BCUT2D eigenvalue weighted by molar-refractivity contribution is 0.0602. The van der Waals surface area contributed by atoms with Crippen molar-refractivity contribution in [1.82, 2.24) is 0 Å². The van der Waals surface area contributed by atoms with Gasteiger partial charge in [-0.2, -0.15) is 0 Å². The lowest BCUT2D eigenvalue weighted by atomic mass is 10.0. The highest BCUT2D eigenvalue weighted by Gasteiger charge is 2.11.